The van der Waals surface area contributed by atoms with Crippen molar-refractivity contribution in [3.05, 3.63) is 86.7 Å². The van der Waals surface area contributed by atoms with E-state index in [0.29, 0.717) is 27.3 Å². The molecule has 0 radical (unpaired) electrons. The minimum absolute atomic E-state index is 0.240. The SMILES string of the molecule is Cn1c(=O)c2c(c(-c3ccccc3)cn2C)n(CC(=O)Nc2ccc(Cl)cc2)c1=O. The van der Waals surface area contributed by atoms with Crippen molar-refractivity contribution in [2.45, 2.75) is 6.54 Å². The molecule has 4 aromatic rings. The van der Waals surface area contributed by atoms with Crippen LogP contribution in [0.3, 0.4) is 0 Å². The van der Waals surface area contributed by atoms with E-state index in [1.54, 1.807) is 42.1 Å². The van der Waals surface area contributed by atoms with Crippen LogP contribution in [-0.2, 0) is 25.4 Å². The first-order valence-corrected chi connectivity index (χ1v) is 9.64. The van der Waals surface area contributed by atoms with Crippen LogP contribution in [0.5, 0.6) is 0 Å². The molecule has 30 heavy (non-hydrogen) atoms. The molecule has 8 heteroatoms. The number of rotatable bonds is 4. The molecule has 4 rings (SSSR count). The standard InChI is InChI=1S/C22H19ClN4O3/c1-25-12-17(14-6-4-3-5-7-14)19-20(25)21(29)26(2)22(30)27(19)13-18(28)24-16-10-8-15(23)9-11-16/h3-12H,13H2,1-2H3,(H,24,28). The van der Waals surface area contributed by atoms with Gasteiger partial charge in [-0.1, -0.05) is 41.9 Å². The van der Waals surface area contributed by atoms with Crippen molar-refractivity contribution in [3.63, 3.8) is 0 Å². The Balaban J connectivity index is 1.86. The summed E-state index contributed by atoms with van der Waals surface area (Å²) in [4.78, 5) is 38.5. The maximum atomic E-state index is 12.9. The highest BCUT2D eigenvalue weighted by atomic mass is 35.5. The van der Waals surface area contributed by atoms with Gasteiger partial charge in [-0.25, -0.2) is 4.79 Å². The third-order valence-electron chi connectivity index (χ3n) is 4.96. The summed E-state index contributed by atoms with van der Waals surface area (Å²) in [6.45, 7) is -0.240. The normalized spacial score (nSPS) is 11.0. The van der Waals surface area contributed by atoms with E-state index in [0.717, 1.165) is 10.1 Å². The van der Waals surface area contributed by atoms with E-state index in [4.69, 9.17) is 11.6 Å². The summed E-state index contributed by atoms with van der Waals surface area (Å²) in [6.07, 6.45) is 1.80. The second kappa shape index (κ2) is 7.68. The molecule has 0 aliphatic carbocycles. The van der Waals surface area contributed by atoms with Gasteiger partial charge in [-0.2, -0.15) is 0 Å². The molecule has 1 N–H and O–H groups in total. The number of carbonyl (C=O) groups is 1. The van der Waals surface area contributed by atoms with E-state index < -0.39 is 11.2 Å². The number of carbonyl (C=O) groups excluding carboxylic acids is 1. The Hall–Kier alpha value is -3.58. The molecule has 152 valence electrons. The molecule has 0 saturated carbocycles. The maximum Gasteiger partial charge on any atom is 0.331 e. The number of aryl methyl sites for hydroxylation is 1. The van der Waals surface area contributed by atoms with Gasteiger partial charge in [0.25, 0.3) is 5.56 Å². The van der Waals surface area contributed by atoms with Gasteiger partial charge in [0.05, 0.1) is 5.52 Å². The molecule has 0 saturated heterocycles. The number of hydrogen-bond donors (Lipinski definition) is 1. The Morgan fingerprint density at radius 1 is 0.967 bits per heavy atom. The number of aromatic nitrogens is 3. The molecule has 2 heterocycles. The van der Waals surface area contributed by atoms with E-state index in [1.165, 1.54) is 11.6 Å². The molecule has 0 fully saturated rings. The van der Waals surface area contributed by atoms with Crippen molar-refractivity contribution in [2.75, 3.05) is 5.32 Å². The highest BCUT2D eigenvalue weighted by Crippen LogP contribution is 2.28. The summed E-state index contributed by atoms with van der Waals surface area (Å²) in [7, 11) is 3.16. The molecule has 7 nitrogen and oxygen atoms in total. The number of nitrogens with zero attached hydrogens (tertiary/aromatic N) is 3. The Labute approximate surface area is 176 Å². The van der Waals surface area contributed by atoms with Gasteiger partial charge in [-0.05, 0) is 29.8 Å². The molecule has 0 atom stereocenters. The first-order chi connectivity index (χ1) is 14.4. The summed E-state index contributed by atoms with van der Waals surface area (Å²) in [6, 6.07) is 16.1. The molecule has 2 aromatic heterocycles. The van der Waals surface area contributed by atoms with Crippen LogP contribution in [0.4, 0.5) is 5.69 Å². The number of anilines is 1. The third-order valence-corrected chi connectivity index (χ3v) is 5.22. The first-order valence-electron chi connectivity index (χ1n) is 9.26. The average molecular weight is 423 g/mol. The predicted octanol–water partition coefficient (Wildman–Crippen LogP) is 3.00. The average Bonchev–Trinajstić information content (AvgIpc) is 3.09. The zero-order valence-electron chi connectivity index (χ0n) is 16.4. The highest BCUT2D eigenvalue weighted by molar-refractivity contribution is 6.30. The minimum Gasteiger partial charge on any atom is -0.344 e. The Morgan fingerprint density at radius 3 is 2.30 bits per heavy atom. The van der Waals surface area contributed by atoms with Crippen LogP contribution in [0.2, 0.25) is 5.02 Å². The summed E-state index contributed by atoms with van der Waals surface area (Å²) < 4.78 is 4.05. The number of halogens is 1. The van der Waals surface area contributed by atoms with E-state index >= 15 is 0 Å². The van der Waals surface area contributed by atoms with Crippen molar-refractivity contribution in [1.82, 2.24) is 13.7 Å². The van der Waals surface area contributed by atoms with Crippen LogP contribution < -0.4 is 16.6 Å². The number of hydrogen-bond acceptors (Lipinski definition) is 3. The second-order valence-electron chi connectivity index (χ2n) is 7.00. The van der Waals surface area contributed by atoms with Gasteiger partial charge in [0.2, 0.25) is 5.91 Å². The van der Waals surface area contributed by atoms with E-state index in [1.807, 2.05) is 30.3 Å². The largest absolute Gasteiger partial charge is 0.344 e. The number of benzene rings is 2. The maximum absolute atomic E-state index is 12.9. The summed E-state index contributed by atoms with van der Waals surface area (Å²) in [5.74, 6) is -0.387. The smallest absolute Gasteiger partial charge is 0.331 e. The third kappa shape index (κ3) is 3.44. The number of fused-ring (bicyclic) bond motifs is 1. The van der Waals surface area contributed by atoms with E-state index in [-0.39, 0.29) is 12.5 Å². The fourth-order valence-electron chi connectivity index (χ4n) is 3.51. The molecule has 0 bridgehead atoms. The monoisotopic (exact) mass is 422 g/mol. The fraction of sp³-hybridized carbons (Fsp3) is 0.136. The van der Waals surface area contributed by atoms with Gasteiger partial charge in [0, 0.05) is 36.6 Å². The van der Waals surface area contributed by atoms with Crippen LogP contribution in [0, 0.1) is 0 Å². The molecule has 2 aromatic carbocycles. The molecule has 0 aliphatic heterocycles. The highest BCUT2D eigenvalue weighted by Gasteiger charge is 2.20. The minimum atomic E-state index is -0.554. The van der Waals surface area contributed by atoms with Gasteiger partial charge in [0.15, 0.2) is 0 Å². The summed E-state index contributed by atoms with van der Waals surface area (Å²) >= 11 is 5.88. The lowest BCUT2D eigenvalue weighted by Crippen LogP contribution is -2.40. The lowest BCUT2D eigenvalue weighted by atomic mass is 10.1. The van der Waals surface area contributed by atoms with Crippen LogP contribution in [-0.4, -0.2) is 19.6 Å². The topological polar surface area (TPSA) is 78.0 Å². The van der Waals surface area contributed by atoms with Gasteiger partial charge in [-0.3, -0.25) is 18.7 Å². The summed E-state index contributed by atoms with van der Waals surface area (Å²) in [5.41, 5.74) is 1.95. The van der Waals surface area contributed by atoms with Gasteiger partial charge < -0.3 is 9.88 Å². The van der Waals surface area contributed by atoms with Crippen LogP contribution in [0.1, 0.15) is 0 Å². The molecular formula is C22H19ClN4O3. The number of amides is 1. The van der Waals surface area contributed by atoms with E-state index in [2.05, 4.69) is 5.32 Å². The van der Waals surface area contributed by atoms with Gasteiger partial charge in [0.1, 0.15) is 12.1 Å². The van der Waals surface area contributed by atoms with Gasteiger partial charge >= 0.3 is 5.69 Å². The molecule has 0 spiro atoms. The van der Waals surface area contributed by atoms with Crippen molar-refractivity contribution in [2.24, 2.45) is 14.1 Å². The fourth-order valence-corrected chi connectivity index (χ4v) is 3.64. The van der Waals surface area contributed by atoms with E-state index in [9.17, 15) is 14.4 Å². The summed E-state index contributed by atoms with van der Waals surface area (Å²) in [5, 5.41) is 3.31. The lowest BCUT2D eigenvalue weighted by molar-refractivity contribution is -0.116. The lowest BCUT2D eigenvalue weighted by Gasteiger charge is -2.12. The molecular weight excluding hydrogens is 404 g/mol. The van der Waals surface area contributed by atoms with Crippen molar-refractivity contribution < 1.29 is 4.79 Å². The van der Waals surface area contributed by atoms with Crippen LogP contribution in [0.25, 0.3) is 22.2 Å². The van der Waals surface area contributed by atoms with Crippen molar-refractivity contribution >= 4 is 34.2 Å². The quantitative estimate of drug-likeness (QED) is 0.549. The van der Waals surface area contributed by atoms with Crippen LogP contribution in [0.15, 0.2) is 70.4 Å². The van der Waals surface area contributed by atoms with Crippen LogP contribution >= 0.6 is 11.6 Å². The number of nitrogens with one attached hydrogen (secondary N) is 1. The zero-order valence-corrected chi connectivity index (χ0v) is 17.2. The van der Waals surface area contributed by atoms with Crippen molar-refractivity contribution in [1.29, 1.82) is 0 Å². The Bertz CT molecular complexity index is 1370. The molecule has 0 aliphatic rings. The zero-order chi connectivity index (χ0) is 21.4. The molecule has 0 unspecified atom stereocenters. The van der Waals surface area contributed by atoms with Crippen molar-refractivity contribution in [3.8, 4) is 11.1 Å². The van der Waals surface area contributed by atoms with Gasteiger partial charge in [-0.15, -0.1) is 0 Å². The Kier molecular flexibility index (Phi) is 5.05. The first kappa shape index (κ1) is 19.7. The second-order valence-corrected chi connectivity index (χ2v) is 7.44. The predicted molar refractivity (Wildman–Crippen MR) is 118 cm³/mol. The molecule has 1 amide bonds. The Morgan fingerprint density at radius 2 is 1.63 bits per heavy atom.